The lowest BCUT2D eigenvalue weighted by Gasteiger charge is -2.14. The number of rotatable bonds is 6. The average molecular weight is 541 g/mol. The van der Waals surface area contributed by atoms with Crippen molar-refractivity contribution in [2.75, 3.05) is 5.32 Å². The smallest absolute Gasteiger partial charge is 0.402 e. The standard InChI is InChI=1S/C25H12F8N2O3/c1-35-16(27)10-15(17(28)24(35)33)37-12-8-6-11(7-9-12)25(36)34-22-18(29)20(31)23(21(32)19(22)30)38-14-5-3-2-4-13(14)26/h2-10H,1H3/p+1. The van der Waals surface area contributed by atoms with Gasteiger partial charge in [-0.05, 0) is 36.4 Å². The van der Waals surface area contributed by atoms with Gasteiger partial charge in [-0.15, -0.1) is 13.3 Å². The SMILES string of the molecule is C[n+]1c(F)cc(Oc2ccc(C(=O)Nc3c(F)c(F)c(Oc4ccccc4F)c(F)c3F)cc2)c(F)c1F. The molecule has 13 heteroatoms. The number of ether oxygens (including phenoxy) is 2. The predicted molar refractivity (Wildman–Crippen MR) is 115 cm³/mol. The van der Waals surface area contributed by atoms with Crippen molar-refractivity contribution >= 4 is 11.6 Å². The quantitative estimate of drug-likeness (QED) is 0.132. The lowest BCUT2D eigenvalue weighted by Crippen LogP contribution is -2.38. The van der Waals surface area contributed by atoms with E-state index in [1.807, 2.05) is 0 Å². The molecule has 0 aliphatic heterocycles. The molecule has 4 aromatic rings. The Morgan fingerprint density at radius 3 is 1.95 bits per heavy atom. The summed E-state index contributed by atoms with van der Waals surface area (Å²) in [6.07, 6.45) is 0. The van der Waals surface area contributed by atoms with Crippen LogP contribution in [0.4, 0.5) is 40.8 Å². The van der Waals surface area contributed by atoms with Gasteiger partial charge in [0.15, 0.2) is 29.0 Å². The number of hydrogen-bond donors (Lipinski definition) is 1. The number of anilines is 1. The van der Waals surface area contributed by atoms with Gasteiger partial charge in [-0.25, -0.2) is 13.2 Å². The summed E-state index contributed by atoms with van der Waals surface area (Å²) in [6, 6.07) is 9.04. The Labute approximate surface area is 208 Å². The summed E-state index contributed by atoms with van der Waals surface area (Å²) in [7, 11) is 0.942. The molecule has 1 amide bonds. The van der Waals surface area contributed by atoms with Gasteiger partial charge in [0.25, 0.3) is 11.7 Å². The molecule has 38 heavy (non-hydrogen) atoms. The highest BCUT2D eigenvalue weighted by Crippen LogP contribution is 2.36. The van der Waals surface area contributed by atoms with Crippen LogP contribution in [0.5, 0.6) is 23.0 Å². The second-order valence-corrected chi connectivity index (χ2v) is 7.57. The van der Waals surface area contributed by atoms with Gasteiger partial charge in [0, 0.05) is 5.56 Å². The Morgan fingerprint density at radius 1 is 0.737 bits per heavy atom. The Morgan fingerprint density at radius 2 is 1.34 bits per heavy atom. The fourth-order valence-electron chi connectivity index (χ4n) is 3.12. The van der Waals surface area contributed by atoms with Gasteiger partial charge in [0.1, 0.15) is 18.5 Å². The largest absolute Gasteiger partial charge is 0.454 e. The molecule has 0 radical (unpaired) electrons. The van der Waals surface area contributed by atoms with Crippen molar-refractivity contribution < 1.29 is 54.0 Å². The number of aromatic nitrogens is 1. The number of carbonyl (C=O) groups excluding carboxylic acids is 1. The number of nitrogens with zero attached hydrogens (tertiary/aromatic N) is 1. The van der Waals surface area contributed by atoms with Gasteiger partial charge < -0.3 is 14.8 Å². The molecular formula is C25H13F8N2O3+. The molecule has 0 spiro atoms. The number of amides is 1. The Bertz CT molecular complexity index is 1530. The zero-order valence-electron chi connectivity index (χ0n) is 18.9. The first-order valence-corrected chi connectivity index (χ1v) is 10.4. The van der Waals surface area contributed by atoms with E-state index >= 15 is 0 Å². The fraction of sp³-hybridized carbons (Fsp3) is 0.0400. The fourth-order valence-corrected chi connectivity index (χ4v) is 3.12. The topological polar surface area (TPSA) is 51.4 Å². The molecule has 0 atom stereocenters. The molecule has 1 heterocycles. The molecule has 0 aliphatic carbocycles. The van der Waals surface area contributed by atoms with Crippen LogP contribution >= 0.6 is 0 Å². The highest BCUT2D eigenvalue weighted by molar-refractivity contribution is 6.04. The van der Waals surface area contributed by atoms with Gasteiger partial charge in [0.05, 0.1) is 6.07 Å². The van der Waals surface area contributed by atoms with Crippen LogP contribution in [0, 0.1) is 46.8 Å². The number of pyridine rings is 1. The zero-order chi connectivity index (χ0) is 27.7. The summed E-state index contributed by atoms with van der Waals surface area (Å²) in [4.78, 5) is 12.4. The minimum Gasteiger partial charge on any atom is -0.454 e. The lowest BCUT2D eigenvalue weighted by atomic mass is 10.2. The molecule has 0 fully saturated rings. The van der Waals surface area contributed by atoms with Crippen LogP contribution in [0.1, 0.15) is 10.4 Å². The molecule has 0 aliphatic rings. The highest BCUT2D eigenvalue weighted by atomic mass is 19.2. The van der Waals surface area contributed by atoms with Crippen LogP contribution in [0.25, 0.3) is 0 Å². The normalized spacial score (nSPS) is 10.9. The minimum absolute atomic E-state index is 0.183. The second kappa shape index (κ2) is 10.4. The second-order valence-electron chi connectivity index (χ2n) is 7.57. The van der Waals surface area contributed by atoms with Crippen molar-refractivity contribution in [3.8, 4) is 23.0 Å². The van der Waals surface area contributed by atoms with Crippen molar-refractivity contribution in [2.24, 2.45) is 7.05 Å². The molecule has 0 bridgehead atoms. The van der Waals surface area contributed by atoms with E-state index in [4.69, 9.17) is 4.74 Å². The summed E-state index contributed by atoms with van der Waals surface area (Å²) >= 11 is 0. The van der Waals surface area contributed by atoms with E-state index in [1.54, 1.807) is 5.32 Å². The number of carbonyl (C=O) groups is 1. The van der Waals surface area contributed by atoms with Gasteiger partial charge in [-0.2, -0.15) is 13.2 Å². The van der Waals surface area contributed by atoms with Crippen molar-refractivity contribution in [3.05, 3.63) is 107 Å². The maximum absolute atomic E-state index is 14.5. The van der Waals surface area contributed by atoms with Crippen LogP contribution in [0.15, 0.2) is 54.6 Å². The number of nitrogens with one attached hydrogen (secondary N) is 1. The Kier molecular flexibility index (Phi) is 7.19. The first kappa shape index (κ1) is 26.4. The van der Waals surface area contributed by atoms with Crippen LogP contribution in [0.3, 0.4) is 0 Å². The number of hydrogen-bond acceptors (Lipinski definition) is 3. The van der Waals surface area contributed by atoms with E-state index in [2.05, 4.69) is 4.74 Å². The predicted octanol–water partition coefficient (Wildman–Crippen LogP) is 6.46. The molecule has 5 nitrogen and oxygen atoms in total. The van der Waals surface area contributed by atoms with Crippen molar-refractivity contribution in [3.63, 3.8) is 0 Å². The Balaban J connectivity index is 1.55. The average Bonchev–Trinajstić information content (AvgIpc) is 2.91. The van der Waals surface area contributed by atoms with Crippen LogP contribution < -0.4 is 19.4 Å². The minimum atomic E-state index is -2.04. The Hall–Kier alpha value is -4.68. The summed E-state index contributed by atoms with van der Waals surface area (Å²) in [5, 5.41) is 1.68. The number of halogens is 8. The van der Waals surface area contributed by atoms with Gasteiger partial charge in [0.2, 0.25) is 17.4 Å². The molecule has 196 valence electrons. The van der Waals surface area contributed by atoms with E-state index in [-0.39, 0.29) is 11.3 Å². The summed E-state index contributed by atoms with van der Waals surface area (Å²) in [6.45, 7) is 0. The van der Waals surface area contributed by atoms with Crippen LogP contribution in [-0.2, 0) is 7.05 Å². The first-order valence-electron chi connectivity index (χ1n) is 10.4. The van der Waals surface area contributed by atoms with E-state index in [1.165, 1.54) is 12.1 Å². The highest BCUT2D eigenvalue weighted by Gasteiger charge is 2.29. The first-order chi connectivity index (χ1) is 18.0. The number of benzene rings is 3. The van der Waals surface area contributed by atoms with E-state index in [9.17, 15) is 39.9 Å². The molecule has 1 aromatic heterocycles. The monoisotopic (exact) mass is 541 g/mol. The van der Waals surface area contributed by atoms with Gasteiger partial charge >= 0.3 is 11.9 Å². The number of para-hydroxylation sites is 1. The third kappa shape index (κ3) is 4.94. The molecular weight excluding hydrogens is 528 g/mol. The molecule has 3 aromatic carbocycles. The molecule has 0 saturated carbocycles. The zero-order valence-corrected chi connectivity index (χ0v) is 18.9. The third-order valence-corrected chi connectivity index (χ3v) is 5.12. The maximum Gasteiger partial charge on any atom is 0.402 e. The summed E-state index contributed by atoms with van der Waals surface area (Å²) in [5.41, 5.74) is -1.79. The maximum atomic E-state index is 14.5. The molecule has 0 unspecified atom stereocenters. The van der Waals surface area contributed by atoms with E-state index in [0.717, 1.165) is 43.4 Å². The third-order valence-electron chi connectivity index (χ3n) is 5.12. The van der Waals surface area contributed by atoms with E-state index in [0.29, 0.717) is 10.6 Å². The molecule has 4 rings (SSSR count). The van der Waals surface area contributed by atoms with Crippen molar-refractivity contribution in [2.45, 2.75) is 0 Å². The van der Waals surface area contributed by atoms with Crippen molar-refractivity contribution in [1.82, 2.24) is 0 Å². The molecule has 0 saturated heterocycles. The van der Waals surface area contributed by atoms with Crippen LogP contribution in [0.2, 0.25) is 0 Å². The lowest BCUT2D eigenvalue weighted by molar-refractivity contribution is -0.728. The van der Waals surface area contributed by atoms with Crippen molar-refractivity contribution in [1.29, 1.82) is 0 Å². The van der Waals surface area contributed by atoms with E-state index < -0.39 is 75.6 Å². The van der Waals surface area contributed by atoms with Gasteiger partial charge in [-0.3, -0.25) is 4.79 Å². The summed E-state index contributed by atoms with van der Waals surface area (Å²) in [5.74, 6) is -17.9. The molecule has 1 N–H and O–H groups in total. The van der Waals surface area contributed by atoms with Gasteiger partial charge in [-0.1, -0.05) is 12.1 Å². The summed E-state index contributed by atoms with van der Waals surface area (Å²) < 4.78 is 123. The van der Waals surface area contributed by atoms with Crippen LogP contribution in [-0.4, -0.2) is 5.91 Å².